The van der Waals surface area contributed by atoms with Crippen molar-refractivity contribution in [3.05, 3.63) is 24.3 Å². The number of nitrogens with zero attached hydrogens (tertiary/aromatic N) is 1. The lowest BCUT2D eigenvalue weighted by molar-refractivity contribution is 0.0564. The van der Waals surface area contributed by atoms with Crippen molar-refractivity contribution in [1.82, 2.24) is 10.2 Å². The Labute approximate surface area is 127 Å². The second-order valence-corrected chi connectivity index (χ2v) is 6.05. The van der Waals surface area contributed by atoms with Crippen LogP contribution >= 0.6 is 0 Å². The number of benzene rings is 1. The molecule has 2 atom stereocenters. The Bertz CT molecular complexity index is 446. The Hall–Kier alpha value is -1.26. The number of fused-ring (bicyclic) bond motifs is 1. The number of hydrogen-bond acceptors (Lipinski definition) is 4. The summed E-state index contributed by atoms with van der Waals surface area (Å²) in [5, 5.41) is 3.58. The van der Waals surface area contributed by atoms with Crippen LogP contribution < -0.4 is 14.8 Å². The van der Waals surface area contributed by atoms with Gasteiger partial charge in [-0.15, -0.1) is 0 Å². The molecular formula is C17H26N2O2. The number of rotatable bonds is 6. The Balaban J connectivity index is 1.55. The van der Waals surface area contributed by atoms with Crippen LogP contribution in [0.1, 0.15) is 26.2 Å². The predicted octanol–water partition coefficient (Wildman–Crippen LogP) is 2.29. The van der Waals surface area contributed by atoms with Crippen molar-refractivity contribution in [3.8, 4) is 11.5 Å². The largest absolute Gasteiger partial charge is 0.486 e. The van der Waals surface area contributed by atoms with Crippen molar-refractivity contribution < 1.29 is 9.47 Å². The summed E-state index contributed by atoms with van der Waals surface area (Å²) in [6, 6.07) is 8.59. The molecule has 2 aliphatic rings. The lowest BCUT2D eigenvalue weighted by atomic mass is 10.2. The first-order valence-electron chi connectivity index (χ1n) is 8.19. The van der Waals surface area contributed by atoms with E-state index in [1.165, 1.54) is 25.8 Å². The van der Waals surface area contributed by atoms with Crippen LogP contribution in [0.2, 0.25) is 0 Å². The van der Waals surface area contributed by atoms with Gasteiger partial charge in [0.25, 0.3) is 0 Å². The topological polar surface area (TPSA) is 33.7 Å². The molecule has 0 spiro atoms. The normalized spacial score (nSPS) is 24.5. The number of hydrogen-bond donors (Lipinski definition) is 1. The highest BCUT2D eigenvalue weighted by atomic mass is 16.6. The SMILES string of the molecule is CCCN(CC1CCCN1)CC1COc2ccccc2O1. The molecule has 0 bridgehead atoms. The molecule has 3 rings (SSSR count). The molecule has 4 nitrogen and oxygen atoms in total. The second kappa shape index (κ2) is 7.14. The minimum atomic E-state index is 0.132. The van der Waals surface area contributed by atoms with Gasteiger partial charge in [-0.1, -0.05) is 19.1 Å². The Morgan fingerprint density at radius 2 is 2.10 bits per heavy atom. The molecule has 1 saturated heterocycles. The summed E-state index contributed by atoms with van der Waals surface area (Å²) in [7, 11) is 0. The van der Waals surface area contributed by atoms with E-state index < -0.39 is 0 Å². The smallest absolute Gasteiger partial charge is 0.161 e. The highest BCUT2D eigenvalue weighted by Gasteiger charge is 2.25. The summed E-state index contributed by atoms with van der Waals surface area (Å²) in [6.07, 6.45) is 3.91. The first-order chi connectivity index (χ1) is 10.3. The van der Waals surface area contributed by atoms with Gasteiger partial charge in [0.2, 0.25) is 0 Å². The van der Waals surface area contributed by atoms with E-state index in [1.54, 1.807) is 0 Å². The zero-order chi connectivity index (χ0) is 14.5. The molecular weight excluding hydrogens is 264 g/mol. The van der Waals surface area contributed by atoms with Crippen LogP contribution in [-0.4, -0.2) is 49.8 Å². The van der Waals surface area contributed by atoms with Gasteiger partial charge in [-0.25, -0.2) is 0 Å². The van der Waals surface area contributed by atoms with Gasteiger partial charge in [-0.2, -0.15) is 0 Å². The van der Waals surface area contributed by atoms with E-state index in [9.17, 15) is 0 Å². The lowest BCUT2D eigenvalue weighted by Gasteiger charge is -2.32. The fraction of sp³-hybridized carbons (Fsp3) is 0.647. The summed E-state index contributed by atoms with van der Waals surface area (Å²) in [5.74, 6) is 1.75. The first kappa shape index (κ1) is 14.7. The lowest BCUT2D eigenvalue weighted by Crippen LogP contribution is -2.45. The average molecular weight is 290 g/mol. The van der Waals surface area contributed by atoms with E-state index in [0.717, 1.165) is 31.1 Å². The summed E-state index contributed by atoms with van der Waals surface area (Å²) in [5.41, 5.74) is 0. The van der Waals surface area contributed by atoms with Gasteiger partial charge >= 0.3 is 0 Å². The van der Waals surface area contributed by atoms with Crippen molar-refractivity contribution in [3.63, 3.8) is 0 Å². The third-order valence-electron chi connectivity index (χ3n) is 4.21. The minimum absolute atomic E-state index is 0.132. The highest BCUT2D eigenvalue weighted by Crippen LogP contribution is 2.31. The Kier molecular flexibility index (Phi) is 4.99. The van der Waals surface area contributed by atoms with Crippen molar-refractivity contribution in [2.75, 3.05) is 32.8 Å². The molecule has 1 N–H and O–H groups in total. The molecule has 116 valence electrons. The number of ether oxygens (including phenoxy) is 2. The predicted molar refractivity (Wildman–Crippen MR) is 84.1 cm³/mol. The van der Waals surface area contributed by atoms with E-state index in [-0.39, 0.29) is 6.10 Å². The molecule has 4 heteroatoms. The molecule has 0 amide bonds. The van der Waals surface area contributed by atoms with E-state index in [2.05, 4.69) is 17.1 Å². The van der Waals surface area contributed by atoms with Gasteiger partial charge in [0.1, 0.15) is 12.7 Å². The molecule has 21 heavy (non-hydrogen) atoms. The molecule has 1 fully saturated rings. The van der Waals surface area contributed by atoms with Crippen molar-refractivity contribution in [2.45, 2.75) is 38.3 Å². The van der Waals surface area contributed by atoms with Crippen LogP contribution in [0.25, 0.3) is 0 Å². The monoisotopic (exact) mass is 290 g/mol. The number of nitrogens with one attached hydrogen (secondary N) is 1. The third kappa shape index (κ3) is 3.89. The van der Waals surface area contributed by atoms with Crippen molar-refractivity contribution in [2.24, 2.45) is 0 Å². The van der Waals surface area contributed by atoms with Crippen molar-refractivity contribution in [1.29, 1.82) is 0 Å². The van der Waals surface area contributed by atoms with Gasteiger partial charge in [0.05, 0.1) is 0 Å². The van der Waals surface area contributed by atoms with Crippen molar-refractivity contribution >= 4 is 0 Å². The van der Waals surface area contributed by atoms with Gasteiger partial charge in [-0.05, 0) is 44.5 Å². The molecule has 2 unspecified atom stereocenters. The third-order valence-corrected chi connectivity index (χ3v) is 4.21. The molecule has 1 aromatic rings. The van der Waals surface area contributed by atoms with Crippen LogP contribution in [0, 0.1) is 0 Å². The van der Waals surface area contributed by atoms with Crippen LogP contribution in [-0.2, 0) is 0 Å². The average Bonchev–Trinajstić information content (AvgIpc) is 3.00. The van der Waals surface area contributed by atoms with Gasteiger partial charge in [0, 0.05) is 19.1 Å². The fourth-order valence-corrected chi connectivity index (χ4v) is 3.24. The zero-order valence-electron chi connectivity index (χ0n) is 12.9. The summed E-state index contributed by atoms with van der Waals surface area (Å²) in [4.78, 5) is 2.52. The quantitative estimate of drug-likeness (QED) is 0.871. The standard InChI is InChI=1S/C17H26N2O2/c1-2-10-19(11-14-6-5-9-18-14)12-15-13-20-16-7-3-4-8-17(16)21-15/h3-4,7-8,14-15,18H,2,5-6,9-13H2,1H3. The Morgan fingerprint density at radius 1 is 1.24 bits per heavy atom. The van der Waals surface area contributed by atoms with Crippen LogP contribution in [0.3, 0.4) is 0 Å². The summed E-state index contributed by atoms with van der Waals surface area (Å²) >= 11 is 0. The van der Waals surface area contributed by atoms with Gasteiger partial charge in [0.15, 0.2) is 11.5 Å². The maximum Gasteiger partial charge on any atom is 0.161 e. The molecule has 0 saturated carbocycles. The van der Waals surface area contributed by atoms with Crippen LogP contribution in [0.15, 0.2) is 24.3 Å². The van der Waals surface area contributed by atoms with E-state index >= 15 is 0 Å². The fourth-order valence-electron chi connectivity index (χ4n) is 3.24. The van der Waals surface area contributed by atoms with Gasteiger partial charge < -0.3 is 14.8 Å². The zero-order valence-corrected chi connectivity index (χ0v) is 12.9. The maximum absolute atomic E-state index is 6.09. The minimum Gasteiger partial charge on any atom is -0.486 e. The summed E-state index contributed by atoms with van der Waals surface area (Å²) < 4.78 is 11.9. The molecule has 0 aromatic heterocycles. The van der Waals surface area contributed by atoms with Crippen LogP contribution in [0.4, 0.5) is 0 Å². The maximum atomic E-state index is 6.09. The van der Waals surface area contributed by atoms with Gasteiger partial charge in [-0.3, -0.25) is 4.90 Å². The Morgan fingerprint density at radius 3 is 2.86 bits per heavy atom. The highest BCUT2D eigenvalue weighted by molar-refractivity contribution is 5.40. The number of para-hydroxylation sites is 2. The molecule has 2 aliphatic heterocycles. The molecule has 2 heterocycles. The van der Waals surface area contributed by atoms with E-state index in [4.69, 9.17) is 9.47 Å². The van der Waals surface area contributed by atoms with E-state index in [1.807, 2.05) is 24.3 Å². The molecule has 0 radical (unpaired) electrons. The van der Waals surface area contributed by atoms with Crippen LogP contribution in [0.5, 0.6) is 11.5 Å². The van der Waals surface area contributed by atoms with E-state index in [0.29, 0.717) is 12.6 Å². The molecule has 0 aliphatic carbocycles. The first-order valence-corrected chi connectivity index (χ1v) is 8.19. The second-order valence-electron chi connectivity index (χ2n) is 6.05. The molecule has 1 aromatic carbocycles. The summed E-state index contributed by atoms with van der Waals surface area (Å²) in [6.45, 7) is 7.24.